The van der Waals surface area contributed by atoms with Crippen LogP contribution >= 0.6 is 0 Å². The van der Waals surface area contributed by atoms with Gasteiger partial charge < -0.3 is 19.8 Å². The smallest absolute Gasteiger partial charge is 0.170 e. The van der Waals surface area contributed by atoms with Crippen molar-refractivity contribution in [2.45, 2.75) is 32.2 Å². The van der Waals surface area contributed by atoms with Crippen LogP contribution in [-0.2, 0) is 6.54 Å². The summed E-state index contributed by atoms with van der Waals surface area (Å²) in [6.07, 6.45) is 2.40. The Morgan fingerprint density at radius 3 is 2.62 bits per heavy atom. The Morgan fingerprint density at radius 1 is 1.29 bits per heavy atom. The Labute approximate surface area is 124 Å². The number of hydrogen-bond acceptors (Lipinski definition) is 4. The summed E-state index contributed by atoms with van der Waals surface area (Å²) >= 11 is 0. The summed E-state index contributed by atoms with van der Waals surface area (Å²) in [6.45, 7) is 2.92. The highest BCUT2D eigenvalue weighted by molar-refractivity contribution is 5.78. The largest absolute Gasteiger partial charge is 0.493 e. The maximum absolute atomic E-state index is 6.33. The van der Waals surface area contributed by atoms with Crippen molar-refractivity contribution in [2.75, 3.05) is 20.0 Å². The van der Waals surface area contributed by atoms with E-state index in [0.29, 0.717) is 23.2 Å². The van der Waals surface area contributed by atoms with E-state index in [-0.39, 0.29) is 0 Å². The number of ether oxygens (including phenoxy) is 2. The molecule has 1 aromatic carbocycles. The van der Waals surface area contributed by atoms with Crippen LogP contribution < -0.4 is 15.2 Å². The minimum Gasteiger partial charge on any atom is -0.493 e. The van der Waals surface area contributed by atoms with Crippen LogP contribution in [0.15, 0.2) is 18.2 Å². The Morgan fingerprint density at radius 2 is 2.05 bits per heavy atom. The molecule has 0 atom stereocenters. The second kappa shape index (κ2) is 5.31. The van der Waals surface area contributed by atoms with Crippen molar-refractivity contribution in [3.8, 4) is 22.8 Å². The molecule has 0 unspecified atom stereocenters. The van der Waals surface area contributed by atoms with Gasteiger partial charge in [0.2, 0.25) is 0 Å². The summed E-state index contributed by atoms with van der Waals surface area (Å²) in [5, 5.41) is 0. The van der Waals surface area contributed by atoms with Crippen molar-refractivity contribution in [1.29, 1.82) is 0 Å². The fourth-order valence-corrected chi connectivity index (χ4v) is 2.74. The van der Waals surface area contributed by atoms with Crippen molar-refractivity contribution >= 4 is 5.82 Å². The van der Waals surface area contributed by atoms with Crippen molar-refractivity contribution in [3.63, 3.8) is 0 Å². The molecule has 3 rings (SSSR count). The lowest BCUT2D eigenvalue weighted by Gasteiger charge is -2.11. The number of hydrogen-bond donors (Lipinski definition) is 1. The molecule has 112 valence electrons. The molecule has 0 saturated heterocycles. The van der Waals surface area contributed by atoms with Gasteiger partial charge in [0.15, 0.2) is 11.5 Å². The van der Waals surface area contributed by atoms with Gasteiger partial charge in [-0.2, -0.15) is 0 Å². The fraction of sp³-hybridized carbons (Fsp3) is 0.438. The Bertz CT molecular complexity index is 660. The van der Waals surface area contributed by atoms with Gasteiger partial charge in [-0.3, -0.25) is 0 Å². The lowest BCUT2D eigenvalue weighted by molar-refractivity contribution is 0.356. The fourth-order valence-electron chi connectivity index (χ4n) is 2.74. The zero-order valence-electron chi connectivity index (χ0n) is 12.7. The quantitative estimate of drug-likeness (QED) is 0.918. The molecule has 1 aliphatic carbocycles. The molecule has 21 heavy (non-hydrogen) atoms. The number of nitrogen functional groups attached to an aromatic ring is 1. The Hall–Kier alpha value is -2.17. The van der Waals surface area contributed by atoms with E-state index in [1.54, 1.807) is 14.2 Å². The zero-order valence-corrected chi connectivity index (χ0v) is 12.7. The summed E-state index contributed by atoms with van der Waals surface area (Å²) in [5.41, 5.74) is 8.00. The van der Waals surface area contributed by atoms with Crippen molar-refractivity contribution in [2.24, 2.45) is 0 Å². The highest BCUT2D eigenvalue weighted by atomic mass is 16.5. The summed E-state index contributed by atoms with van der Waals surface area (Å²) < 4.78 is 13.0. The second-order valence-corrected chi connectivity index (χ2v) is 5.26. The maximum atomic E-state index is 6.33. The number of aromatic nitrogens is 2. The van der Waals surface area contributed by atoms with E-state index in [2.05, 4.69) is 11.5 Å². The van der Waals surface area contributed by atoms with E-state index in [1.807, 2.05) is 18.2 Å². The lowest BCUT2D eigenvalue weighted by Crippen LogP contribution is -2.04. The van der Waals surface area contributed by atoms with Crippen LogP contribution in [0.5, 0.6) is 11.5 Å². The van der Waals surface area contributed by atoms with Gasteiger partial charge in [-0.15, -0.1) is 0 Å². The third kappa shape index (κ3) is 2.22. The van der Waals surface area contributed by atoms with Crippen LogP contribution in [0.3, 0.4) is 0 Å². The second-order valence-electron chi connectivity index (χ2n) is 5.26. The number of benzene rings is 1. The van der Waals surface area contributed by atoms with E-state index in [0.717, 1.165) is 23.6 Å². The molecule has 1 aromatic heterocycles. The highest BCUT2D eigenvalue weighted by Crippen LogP contribution is 2.44. The monoisotopic (exact) mass is 287 g/mol. The normalized spacial score (nSPS) is 14.2. The number of nitrogens with zero attached hydrogens (tertiary/aromatic N) is 2. The zero-order chi connectivity index (χ0) is 15.0. The standard InChI is InChI=1S/C16H21N3O2/c1-4-19-15(17)13(18-16(19)10-8-9-10)11-6-5-7-12(20-2)14(11)21-3/h5-7,10H,4,8-9,17H2,1-3H3. The van der Waals surface area contributed by atoms with Crippen LogP contribution in [0, 0.1) is 0 Å². The van der Waals surface area contributed by atoms with Gasteiger partial charge in [-0.05, 0) is 31.9 Å². The van der Waals surface area contributed by atoms with Gasteiger partial charge in [-0.25, -0.2) is 4.98 Å². The number of para-hydroxylation sites is 1. The summed E-state index contributed by atoms with van der Waals surface area (Å²) in [6, 6.07) is 5.77. The first kappa shape index (κ1) is 13.8. The third-order valence-electron chi connectivity index (χ3n) is 3.95. The predicted molar refractivity (Wildman–Crippen MR) is 82.8 cm³/mol. The molecule has 2 aromatic rings. The molecule has 0 bridgehead atoms. The van der Waals surface area contributed by atoms with Gasteiger partial charge in [0, 0.05) is 18.0 Å². The van der Waals surface area contributed by atoms with E-state index >= 15 is 0 Å². The number of nitrogens with two attached hydrogens (primary N) is 1. The number of anilines is 1. The molecular formula is C16H21N3O2. The number of rotatable bonds is 5. The number of imidazole rings is 1. The molecule has 0 radical (unpaired) electrons. The lowest BCUT2D eigenvalue weighted by atomic mass is 10.1. The molecule has 0 aliphatic heterocycles. The van der Waals surface area contributed by atoms with Gasteiger partial charge >= 0.3 is 0 Å². The van der Waals surface area contributed by atoms with Crippen LogP contribution in [0.4, 0.5) is 5.82 Å². The van der Waals surface area contributed by atoms with E-state index in [1.165, 1.54) is 12.8 Å². The third-order valence-corrected chi connectivity index (χ3v) is 3.95. The first-order valence-electron chi connectivity index (χ1n) is 7.28. The van der Waals surface area contributed by atoms with Gasteiger partial charge in [0.05, 0.1) is 14.2 Å². The molecule has 1 saturated carbocycles. The van der Waals surface area contributed by atoms with E-state index in [4.69, 9.17) is 20.2 Å². The average molecular weight is 287 g/mol. The maximum Gasteiger partial charge on any atom is 0.170 e. The summed E-state index contributed by atoms with van der Waals surface area (Å²) in [4.78, 5) is 4.80. The molecule has 0 amide bonds. The predicted octanol–water partition coefficient (Wildman–Crippen LogP) is 3.05. The van der Waals surface area contributed by atoms with Crippen molar-refractivity contribution in [1.82, 2.24) is 9.55 Å². The first-order chi connectivity index (χ1) is 10.2. The van der Waals surface area contributed by atoms with Crippen LogP contribution in [0.1, 0.15) is 31.5 Å². The molecule has 5 heteroatoms. The van der Waals surface area contributed by atoms with Crippen LogP contribution in [0.25, 0.3) is 11.3 Å². The van der Waals surface area contributed by atoms with Crippen LogP contribution in [-0.4, -0.2) is 23.8 Å². The minimum absolute atomic E-state index is 0.553. The van der Waals surface area contributed by atoms with Gasteiger partial charge in [0.25, 0.3) is 0 Å². The molecule has 2 N–H and O–H groups in total. The minimum atomic E-state index is 0.553. The Balaban J connectivity index is 2.17. The molecular weight excluding hydrogens is 266 g/mol. The van der Waals surface area contributed by atoms with Crippen molar-refractivity contribution in [3.05, 3.63) is 24.0 Å². The molecule has 5 nitrogen and oxygen atoms in total. The van der Waals surface area contributed by atoms with Crippen LogP contribution in [0.2, 0.25) is 0 Å². The summed E-state index contributed by atoms with van der Waals surface area (Å²) in [7, 11) is 3.27. The SMILES string of the molecule is CCn1c(C2CC2)nc(-c2cccc(OC)c2OC)c1N. The van der Waals surface area contributed by atoms with Gasteiger partial charge in [0.1, 0.15) is 17.3 Å². The highest BCUT2D eigenvalue weighted by Gasteiger charge is 2.31. The van der Waals surface area contributed by atoms with Gasteiger partial charge in [-0.1, -0.05) is 6.07 Å². The first-order valence-corrected chi connectivity index (χ1v) is 7.28. The van der Waals surface area contributed by atoms with Crippen molar-refractivity contribution < 1.29 is 9.47 Å². The Kier molecular flexibility index (Phi) is 3.49. The number of methoxy groups -OCH3 is 2. The molecule has 1 fully saturated rings. The molecule has 1 heterocycles. The molecule has 0 spiro atoms. The van der Waals surface area contributed by atoms with E-state index in [9.17, 15) is 0 Å². The average Bonchev–Trinajstić information content (AvgIpc) is 3.30. The van der Waals surface area contributed by atoms with E-state index < -0.39 is 0 Å². The topological polar surface area (TPSA) is 62.3 Å². The summed E-state index contributed by atoms with van der Waals surface area (Å²) in [5.74, 6) is 3.71. The molecule has 1 aliphatic rings.